The Hall–Kier alpha value is -1.78. The molecule has 0 radical (unpaired) electrons. The number of halogens is 1. The van der Waals surface area contributed by atoms with Crippen molar-refractivity contribution in [2.45, 2.75) is 25.7 Å². The Kier molecular flexibility index (Phi) is 4.33. The third-order valence-corrected chi connectivity index (χ3v) is 5.52. The molecule has 0 spiro atoms. The minimum absolute atomic E-state index is 0.756. The Morgan fingerprint density at radius 3 is 2.42 bits per heavy atom. The molecule has 0 N–H and O–H groups in total. The third kappa shape index (κ3) is 2.74. The largest absolute Gasteiger partial charge is 0.297 e. The maximum atomic E-state index is 5.63. The van der Waals surface area contributed by atoms with Crippen LogP contribution in [-0.2, 0) is 12.8 Å². The minimum Gasteiger partial charge on any atom is -0.297 e. The Bertz CT molecular complexity index is 948. The number of fused-ring (bicyclic) bond motifs is 1. The lowest BCUT2D eigenvalue weighted by Crippen LogP contribution is -2.17. The Morgan fingerprint density at radius 1 is 0.917 bits per heavy atom. The van der Waals surface area contributed by atoms with Crippen LogP contribution in [-0.4, -0.2) is 9.55 Å². The van der Waals surface area contributed by atoms with Crippen molar-refractivity contribution in [1.82, 2.24) is 9.55 Å². The molecule has 2 nitrogen and oxygen atoms in total. The van der Waals surface area contributed by atoms with Gasteiger partial charge < -0.3 is 0 Å². The summed E-state index contributed by atoms with van der Waals surface area (Å²) in [5, 5.41) is 0. The first kappa shape index (κ1) is 15.7. The van der Waals surface area contributed by atoms with Gasteiger partial charge in [-0.25, -0.2) is 4.98 Å². The fraction of sp³-hybridized carbons (Fsp3) is 0.200. The van der Waals surface area contributed by atoms with Crippen LogP contribution >= 0.6 is 28.1 Å². The van der Waals surface area contributed by atoms with E-state index in [0.29, 0.717) is 0 Å². The normalized spacial score (nSPS) is 13.5. The number of hydrogen-bond donors (Lipinski definition) is 0. The molecule has 0 saturated heterocycles. The van der Waals surface area contributed by atoms with Crippen molar-refractivity contribution >= 4 is 28.1 Å². The lowest BCUT2D eigenvalue weighted by Gasteiger charge is -2.25. The molecular formula is C20H17BrN2S. The van der Waals surface area contributed by atoms with Crippen LogP contribution in [0.15, 0.2) is 59.1 Å². The van der Waals surface area contributed by atoms with Crippen LogP contribution in [0.3, 0.4) is 0 Å². The molecule has 0 bridgehead atoms. The molecule has 0 fully saturated rings. The lowest BCUT2D eigenvalue weighted by atomic mass is 9.96. The zero-order chi connectivity index (χ0) is 16.5. The summed E-state index contributed by atoms with van der Waals surface area (Å²) < 4.78 is 4.12. The van der Waals surface area contributed by atoms with E-state index >= 15 is 0 Å². The highest BCUT2D eigenvalue weighted by atomic mass is 79.9. The summed E-state index contributed by atoms with van der Waals surface area (Å²) in [5.74, 6) is 0.924. The topological polar surface area (TPSA) is 17.8 Å². The van der Waals surface area contributed by atoms with Gasteiger partial charge in [0.1, 0.15) is 10.5 Å². The van der Waals surface area contributed by atoms with Gasteiger partial charge in [-0.05, 0) is 53.7 Å². The summed E-state index contributed by atoms with van der Waals surface area (Å²) >= 11 is 9.34. The van der Waals surface area contributed by atoms with Gasteiger partial charge in [-0.15, -0.1) is 0 Å². The summed E-state index contributed by atoms with van der Waals surface area (Å²) in [7, 11) is 0. The number of benzene rings is 2. The molecule has 0 atom stereocenters. The average Bonchev–Trinajstić information content (AvgIpc) is 2.63. The first-order chi connectivity index (χ1) is 11.8. The number of rotatable bonds is 2. The van der Waals surface area contributed by atoms with Gasteiger partial charge in [-0.2, -0.15) is 0 Å². The summed E-state index contributed by atoms with van der Waals surface area (Å²) in [6, 6.07) is 18.6. The van der Waals surface area contributed by atoms with Crippen LogP contribution in [0.2, 0.25) is 0 Å². The molecule has 24 heavy (non-hydrogen) atoms. The van der Waals surface area contributed by atoms with E-state index in [1.165, 1.54) is 24.1 Å². The van der Waals surface area contributed by atoms with Crippen LogP contribution in [0.5, 0.6) is 0 Å². The minimum atomic E-state index is 0.756. The first-order valence-corrected chi connectivity index (χ1v) is 9.41. The van der Waals surface area contributed by atoms with Crippen LogP contribution in [0, 0.1) is 4.64 Å². The lowest BCUT2D eigenvalue weighted by molar-refractivity contribution is 0.641. The SMILES string of the molecule is S=c1nc(-c2ccccc2)n(-c2ccccc2Br)c2c1CCCC2. The predicted molar refractivity (Wildman–Crippen MR) is 104 cm³/mol. The molecule has 120 valence electrons. The Balaban J connectivity index is 2.09. The Morgan fingerprint density at radius 2 is 1.62 bits per heavy atom. The van der Waals surface area contributed by atoms with Crippen molar-refractivity contribution in [3.63, 3.8) is 0 Å². The van der Waals surface area contributed by atoms with Crippen molar-refractivity contribution in [1.29, 1.82) is 0 Å². The van der Waals surface area contributed by atoms with Gasteiger partial charge in [0.15, 0.2) is 0 Å². The van der Waals surface area contributed by atoms with E-state index in [2.05, 4.69) is 50.8 Å². The third-order valence-electron chi connectivity index (χ3n) is 4.51. The van der Waals surface area contributed by atoms with Crippen molar-refractivity contribution in [3.05, 3.63) is 75.0 Å². The number of hydrogen-bond acceptors (Lipinski definition) is 2. The van der Waals surface area contributed by atoms with Gasteiger partial charge >= 0.3 is 0 Å². The van der Waals surface area contributed by atoms with Gasteiger partial charge in [0.05, 0.1) is 5.69 Å². The second-order valence-corrected chi connectivity index (χ2v) is 7.27. The van der Waals surface area contributed by atoms with Gasteiger partial charge in [-0.1, -0.05) is 54.7 Å². The van der Waals surface area contributed by atoms with E-state index in [4.69, 9.17) is 17.2 Å². The van der Waals surface area contributed by atoms with Crippen LogP contribution in [0.25, 0.3) is 17.1 Å². The highest BCUT2D eigenvalue weighted by Gasteiger charge is 2.21. The highest BCUT2D eigenvalue weighted by Crippen LogP contribution is 2.32. The molecule has 0 saturated carbocycles. The zero-order valence-electron chi connectivity index (χ0n) is 13.2. The fourth-order valence-corrected chi connectivity index (χ4v) is 4.15. The molecule has 0 unspecified atom stereocenters. The molecule has 4 heteroatoms. The van der Waals surface area contributed by atoms with E-state index in [9.17, 15) is 0 Å². The standard InChI is InChI=1S/C20H17BrN2S/c21-16-11-5-7-13-18(16)23-17-12-6-4-10-15(17)20(24)22-19(23)14-8-2-1-3-9-14/h1-3,5,7-9,11,13H,4,6,10,12H2. The quantitative estimate of drug-likeness (QED) is 0.501. The van der Waals surface area contributed by atoms with Crippen LogP contribution in [0.4, 0.5) is 0 Å². The second kappa shape index (κ2) is 6.61. The second-order valence-electron chi connectivity index (χ2n) is 6.03. The van der Waals surface area contributed by atoms with Gasteiger partial charge in [-0.3, -0.25) is 4.57 Å². The molecule has 1 aromatic heterocycles. The van der Waals surface area contributed by atoms with Gasteiger partial charge in [0.25, 0.3) is 0 Å². The zero-order valence-corrected chi connectivity index (χ0v) is 15.6. The highest BCUT2D eigenvalue weighted by molar-refractivity contribution is 9.10. The maximum Gasteiger partial charge on any atom is 0.146 e. The molecular weight excluding hydrogens is 380 g/mol. The van der Waals surface area contributed by atoms with Gasteiger partial charge in [0.2, 0.25) is 0 Å². The molecule has 1 aliphatic carbocycles. The monoisotopic (exact) mass is 396 g/mol. The molecule has 1 heterocycles. The molecule has 1 aliphatic rings. The summed E-state index contributed by atoms with van der Waals surface area (Å²) in [6.07, 6.45) is 4.47. The Labute approximate surface area is 155 Å². The van der Waals surface area contributed by atoms with E-state index < -0.39 is 0 Å². The van der Waals surface area contributed by atoms with Crippen LogP contribution < -0.4 is 0 Å². The van der Waals surface area contributed by atoms with E-state index in [1.807, 2.05) is 24.3 Å². The van der Waals surface area contributed by atoms with E-state index in [0.717, 1.165) is 39.0 Å². The summed E-state index contributed by atoms with van der Waals surface area (Å²) in [4.78, 5) is 4.83. The smallest absolute Gasteiger partial charge is 0.146 e. The van der Waals surface area contributed by atoms with Gasteiger partial charge in [0, 0.05) is 21.3 Å². The average molecular weight is 397 g/mol. The first-order valence-electron chi connectivity index (χ1n) is 8.21. The van der Waals surface area contributed by atoms with Crippen LogP contribution in [0.1, 0.15) is 24.1 Å². The van der Waals surface area contributed by atoms with Crippen molar-refractivity contribution in [2.24, 2.45) is 0 Å². The van der Waals surface area contributed by atoms with Crippen molar-refractivity contribution in [3.8, 4) is 17.1 Å². The number of para-hydroxylation sites is 1. The molecule has 2 aromatic carbocycles. The molecule has 4 rings (SSSR count). The molecule has 0 aliphatic heterocycles. The molecule has 3 aromatic rings. The molecule has 0 amide bonds. The maximum absolute atomic E-state index is 5.63. The number of nitrogens with zero attached hydrogens (tertiary/aromatic N) is 2. The van der Waals surface area contributed by atoms with Crippen molar-refractivity contribution < 1.29 is 0 Å². The van der Waals surface area contributed by atoms with E-state index in [-0.39, 0.29) is 0 Å². The fourth-order valence-electron chi connectivity index (χ4n) is 3.38. The summed E-state index contributed by atoms with van der Waals surface area (Å²) in [5.41, 5.74) is 4.77. The predicted octanol–water partition coefficient (Wildman–Crippen LogP) is 5.91. The summed E-state index contributed by atoms with van der Waals surface area (Å²) in [6.45, 7) is 0. The van der Waals surface area contributed by atoms with Crippen molar-refractivity contribution in [2.75, 3.05) is 0 Å². The number of aromatic nitrogens is 2. The van der Waals surface area contributed by atoms with E-state index in [1.54, 1.807) is 0 Å².